The van der Waals surface area contributed by atoms with Crippen molar-refractivity contribution in [3.8, 4) is 22.8 Å². The van der Waals surface area contributed by atoms with E-state index < -0.39 is 47.8 Å². The summed E-state index contributed by atoms with van der Waals surface area (Å²) in [5.74, 6) is -0.851. The molecule has 2 N–H and O–H groups in total. The molecule has 11 heteroatoms. The number of ether oxygens (including phenoxy) is 2. The van der Waals surface area contributed by atoms with Crippen LogP contribution in [0.2, 0.25) is 0 Å². The van der Waals surface area contributed by atoms with Gasteiger partial charge in [-0.3, -0.25) is 9.59 Å². The first-order chi connectivity index (χ1) is 19.3. The van der Waals surface area contributed by atoms with Crippen LogP contribution in [-0.2, 0) is 16.9 Å². The summed E-state index contributed by atoms with van der Waals surface area (Å²) in [6, 6.07) is 10.8. The molecule has 218 valence electrons. The van der Waals surface area contributed by atoms with Crippen molar-refractivity contribution in [3.05, 3.63) is 76.7 Å². The number of aromatic nitrogens is 1. The lowest BCUT2D eigenvalue weighted by molar-refractivity contribution is -0.270. The van der Waals surface area contributed by atoms with Crippen LogP contribution in [0.1, 0.15) is 59.8 Å². The molecule has 2 aromatic carbocycles. The molecule has 1 aromatic heterocycles. The van der Waals surface area contributed by atoms with Crippen molar-refractivity contribution < 1.29 is 41.7 Å². The summed E-state index contributed by atoms with van der Waals surface area (Å²) < 4.78 is 68.3. The first kappa shape index (κ1) is 30.0. The number of Topliss-reactive ketones (excluding diaryl/α,β-unsaturated/α-hetero) is 1. The second-order valence-electron chi connectivity index (χ2n) is 10.1. The van der Waals surface area contributed by atoms with E-state index in [1.54, 1.807) is 0 Å². The highest BCUT2D eigenvalue weighted by molar-refractivity contribution is 5.96. The monoisotopic (exact) mass is 574 g/mol. The fourth-order valence-corrected chi connectivity index (χ4v) is 4.24. The molecule has 0 bridgehead atoms. The molecular formula is C30H30F4N2O5. The van der Waals surface area contributed by atoms with Gasteiger partial charge in [0.15, 0.2) is 17.3 Å². The number of amides is 1. The molecule has 1 fully saturated rings. The Balaban J connectivity index is 1.67. The number of halogens is 4. The molecule has 0 radical (unpaired) electrons. The van der Waals surface area contributed by atoms with Gasteiger partial charge in [-0.05, 0) is 85.8 Å². The van der Waals surface area contributed by atoms with Gasteiger partial charge in [-0.2, -0.15) is 13.2 Å². The van der Waals surface area contributed by atoms with Crippen molar-refractivity contribution in [2.45, 2.75) is 64.0 Å². The third-order valence-corrected chi connectivity index (χ3v) is 6.79. The van der Waals surface area contributed by atoms with Gasteiger partial charge in [0.1, 0.15) is 5.82 Å². The van der Waals surface area contributed by atoms with Crippen molar-refractivity contribution in [2.24, 2.45) is 0 Å². The SMILES string of the molecule is COc1cc(C(=O)CCC(O)(c2cc(CNC(C)=O)cc(-c3ccc(F)c(C)c3)n2)C(F)(F)F)ccc1OC1CC1. The molecule has 1 aliphatic rings. The Labute approximate surface area is 234 Å². The van der Waals surface area contributed by atoms with Crippen LogP contribution in [0.3, 0.4) is 0 Å². The number of hydrogen-bond acceptors (Lipinski definition) is 6. The summed E-state index contributed by atoms with van der Waals surface area (Å²) in [7, 11) is 1.39. The zero-order chi connectivity index (χ0) is 29.9. The van der Waals surface area contributed by atoms with Crippen molar-refractivity contribution in [2.75, 3.05) is 7.11 Å². The van der Waals surface area contributed by atoms with Gasteiger partial charge < -0.3 is 19.9 Å². The van der Waals surface area contributed by atoms with Crippen LogP contribution < -0.4 is 14.8 Å². The minimum absolute atomic E-state index is 0.0379. The topological polar surface area (TPSA) is 97.8 Å². The summed E-state index contributed by atoms with van der Waals surface area (Å²) in [6.45, 7) is 2.61. The lowest BCUT2D eigenvalue weighted by atomic mass is 9.89. The number of nitrogens with zero attached hydrogens (tertiary/aromatic N) is 1. The third kappa shape index (κ3) is 7.02. The van der Waals surface area contributed by atoms with E-state index in [0.29, 0.717) is 11.3 Å². The van der Waals surface area contributed by atoms with Crippen LogP contribution in [0.4, 0.5) is 17.6 Å². The molecule has 7 nitrogen and oxygen atoms in total. The molecule has 1 atom stereocenters. The fourth-order valence-electron chi connectivity index (χ4n) is 4.24. The maximum absolute atomic E-state index is 14.5. The van der Waals surface area contributed by atoms with Crippen molar-refractivity contribution in [3.63, 3.8) is 0 Å². The molecule has 1 heterocycles. The lowest BCUT2D eigenvalue weighted by Crippen LogP contribution is -2.43. The normalized spacial score (nSPS) is 14.7. The number of aliphatic hydroxyl groups is 1. The summed E-state index contributed by atoms with van der Waals surface area (Å²) in [5.41, 5.74) is -3.32. The highest BCUT2D eigenvalue weighted by atomic mass is 19.4. The molecule has 1 amide bonds. The Kier molecular flexibility index (Phi) is 8.67. The zero-order valence-electron chi connectivity index (χ0n) is 22.8. The van der Waals surface area contributed by atoms with Crippen LogP contribution >= 0.6 is 0 Å². The van der Waals surface area contributed by atoms with Gasteiger partial charge in [0, 0.05) is 31.0 Å². The van der Waals surface area contributed by atoms with Gasteiger partial charge in [0.2, 0.25) is 11.5 Å². The average molecular weight is 575 g/mol. The molecule has 0 saturated heterocycles. The number of nitrogens with one attached hydrogen (secondary N) is 1. The number of pyridine rings is 1. The second-order valence-corrected chi connectivity index (χ2v) is 10.1. The zero-order valence-corrected chi connectivity index (χ0v) is 22.8. The minimum Gasteiger partial charge on any atom is -0.493 e. The van der Waals surface area contributed by atoms with E-state index in [-0.39, 0.29) is 40.8 Å². The largest absolute Gasteiger partial charge is 0.493 e. The quantitative estimate of drug-likeness (QED) is 0.222. The number of methoxy groups -OCH3 is 1. The molecule has 1 saturated carbocycles. The Morgan fingerprint density at radius 3 is 2.41 bits per heavy atom. The highest BCUT2D eigenvalue weighted by Crippen LogP contribution is 2.43. The van der Waals surface area contributed by atoms with Crippen LogP contribution in [-0.4, -0.2) is 41.2 Å². The van der Waals surface area contributed by atoms with Gasteiger partial charge in [-0.25, -0.2) is 9.37 Å². The number of benzene rings is 2. The fraction of sp³-hybridized carbons (Fsp3) is 0.367. The molecule has 1 unspecified atom stereocenters. The first-order valence-electron chi connectivity index (χ1n) is 13.0. The number of ketones is 1. The Morgan fingerprint density at radius 1 is 1.07 bits per heavy atom. The molecule has 0 spiro atoms. The molecule has 0 aliphatic heterocycles. The van der Waals surface area contributed by atoms with Crippen molar-refractivity contribution >= 4 is 11.7 Å². The Hall–Kier alpha value is -3.99. The van der Waals surface area contributed by atoms with Gasteiger partial charge in [-0.1, -0.05) is 0 Å². The van der Waals surface area contributed by atoms with E-state index >= 15 is 0 Å². The van der Waals surface area contributed by atoms with E-state index in [4.69, 9.17) is 9.47 Å². The van der Waals surface area contributed by atoms with Gasteiger partial charge in [0.05, 0.1) is 24.6 Å². The predicted molar refractivity (Wildman–Crippen MR) is 142 cm³/mol. The van der Waals surface area contributed by atoms with Crippen molar-refractivity contribution in [1.82, 2.24) is 10.3 Å². The molecule has 3 aromatic rings. The molecule has 4 rings (SSSR count). The summed E-state index contributed by atoms with van der Waals surface area (Å²) in [5, 5.41) is 13.6. The van der Waals surface area contributed by atoms with Crippen LogP contribution in [0.5, 0.6) is 11.5 Å². The van der Waals surface area contributed by atoms with E-state index in [2.05, 4.69) is 10.3 Å². The van der Waals surface area contributed by atoms with Crippen LogP contribution in [0.15, 0.2) is 48.5 Å². The van der Waals surface area contributed by atoms with E-state index in [1.165, 1.54) is 57.4 Å². The average Bonchev–Trinajstić information content (AvgIpc) is 3.75. The Bertz CT molecular complexity index is 1460. The smallest absolute Gasteiger partial charge is 0.422 e. The number of alkyl halides is 3. The standard InChI is InChI=1S/C30H30F4N2O5/c1-17-12-20(4-8-23(17)31)24-13-19(16-35-18(2)37)14-28(36-24)29(39,30(32,33)34)11-10-25(38)21-5-9-26(27(15-21)40-3)41-22-6-7-22/h4-5,8-9,12-15,22,39H,6-7,10-11,16H2,1-3H3,(H,35,37). The maximum Gasteiger partial charge on any atom is 0.422 e. The molecular weight excluding hydrogens is 544 g/mol. The molecule has 1 aliphatic carbocycles. The van der Waals surface area contributed by atoms with Gasteiger partial charge in [0.25, 0.3) is 0 Å². The summed E-state index contributed by atoms with van der Waals surface area (Å²) in [4.78, 5) is 28.6. The van der Waals surface area contributed by atoms with E-state index in [1.807, 2.05) is 0 Å². The number of aryl methyl sites for hydroxylation is 1. The van der Waals surface area contributed by atoms with Gasteiger partial charge >= 0.3 is 6.18 Å². The Morgan fingerprint density at radius 2 is 1.80 bits per heavy atom. The predicted octanol–water partition coefficient (Wildman–Crippen LogP) is 5.80. The van der Waals surface area contributed by atoms with Crippen LogP contribution in [0.25, 0.3) is 11.3 Å². The van der Waals surface area contributed by atoms with Crippen LogP contribution in [0, 0.1) is 12.7 Å². The van der Waals surface area contributed by atoms with E-state index in [9.17, 15) is 32.3 Å². The number of carbonyl (C=O) groups is 2. The number of carbonyl (C=O) groups excluding carboxylic acids is 2. The third-order valence-electron chi connectivity index (χ3n) is 6.79. The second kappa shape index (κ2) is 11.9. The van der Waals surface area contributed by atoms with Gasteiger partial charge in [-0.15, -0.1) is 0 Å². The van der Waals surface area contributed by atoms with Crippen molar-refractivity contribution in [1.29, 1.82) is 0 Å². The number of rotatable bonds is 11. The lowest BCUT2D eigenvalue weighted by Gasteiger charge is -2.30. The summed E-state index contributed by atoms with van der Waals surface area (Å²) in [6.07, 6.45) is -5.00. The highest BCUT2D eigenvalue weighted by Gasteiger charge is 2.56. The number of hydrogen-bond donors (Lipinski definition) is 2. The summed E-state index contributed by atoms with van der Waals surface area (Å²) >= 11 is 0. The van der Waals surface area contributed by atoms with E-state index in [0.717, 1.165) is 25.0 Å². The maximum atomic E-state index is 14.5. The molecule has 41 heavy (non-hydrogen) atoms. The first-order valence-corrected chi connectivity index (χ1v) is 13.0. The minimum atomic E-state index is -5.21.